The number of H-pyrrole nitrogens is 1. The maximum Gasteiger partial charge on any atom is 0.321 e. The van der Waals surface area contributed by atoms with Gasteiger partial charge in [0.25, 0.3) is 5.91 Å². The number of nitro groups is 1. The van der Waals surface area contributed by atoms with E-state index < -0.39 is 10.8 Å². The summed E-state index contributed by atoms with van der Waals surface area (Å²) in [6.07, 6.45) is 5.62. The summed E-state index contributed by atoms with van der Waals surface area (Å²) in [5, 5.41) is 13.4. The van der Waals surface area contributed by atoms with Crippen molar-refractivity contribution in [3.63, 3.8) is 0 Å². The molecule has 2 heterocycles. The van der Waals surface area contributed by atoms with Crippen LogP contribution in [0.4, 0.5) is 5.82 Å². The molecule has 1 aromatic heterocycles. The number of likely N-dealkylation sites (N-methyl/N-ethyl adjacent to an activating group) is 1. The molecular weight excluding hydrogens is 298 g/mol. The lowest BCUT2D eigenvalue weighted by atomic mass is 10.2. The first-order valence-electron chi connectivity index (χ1n) is 7.38. The lowest BCUT2D eigenvalue weighted by Crippen LogP contribution is -2.28. The zero-order valence-electron chi connectivity index (χ0n) is 13.6. The summed E-state index contributed by atoms with van der Waals surface area (Å²) in [5.74, 6) is 0.108. The first kappa shape index (κ1) is 18.3. The maximum atomic E-state index is 10.4. The van der Waals surface area contributed by atoms with Crippen molar-refractivity contribution in [3.05, 3.63) is 52.5 Å². The number of fused-ring (bicyclic) bond motifs is 1. The van der Waals surface area contributed by atoms with Gasteiger partial charge in [-0.05, 0) is 17.4 Å². The molecule has 8 heteroatoms. The lowest BCUT2D eigenvalue weighted by Gasteiger charge is -2.16. The predicted molar refractivity (Wildman–Crippen MR) is 88.7 cm³/mol. The summed E-state index contributed by atoms with van der Waals surface area (Å²) in [4.78, 5) is 24.3. The zero-order valence-corrected chi connectivity index (χ0v) is 13.6. The largest absolute Gasteiger partial charge is 0.367 e. The molecule has 126 valence electrons. The molecule has 23 heavy (non-hydrogen) atoms. The van der Waals surface area contributed by atoms with Crippen molar-refractivity contribution in [2.24, 2.45) is 5.73 Å². The number of hydrogen-bond acceptors (Lipinski definition) is 5. The van der Waals surface area contributed by atoms with Crippen LogP contribution in [0.15, 0.2) is 36.7 Å². The number of aromatic amines is 1. The van der Waals surface area contributed by atoms with Crippen molar-refractivity contribution in [1.82, 2.24) is 15.2 Å². The van der Waals surface area contributed by atoms with Crippen molar-refractivity contribution < 1.29 is 9.72 Å². The molecule has 1 saturated heterocycles. The topological polar surface area (TPSA) is 117 Å². The molecule has 0 aromatic carbocycles. The quantitative estimate of drug-likeness (QED) is 0.436. The molecule has 2 atom stereocenters. The summed E-state index contributed by atoms with van der Waals surface area (Å²) in [5.41, 5.74) is 4.87. The molecule has 1 amide bonds. The number of nitrogens with one attached hydrogen (secondary N) is 2. The molecule has 3 rings (SSSR count). The number of aromatic nitrogens is 1. The van der Waals surface area contributed by atoms with Gasteiger partial charge < -0.3 is 26.1 Å². The lowest BCUT2D eigenvalue weighted by molar-refractivity contribution is -0.389. The van der Waals surface area contributed by atoms with E-state index in [-0.39, 0.29) is 11.5 Å². The highest BCUT2D eigenvalue weighted by Crippen LogP contribution is 2.24. The Morgan fingerprint density at radius 2 is 2.13 bits per heavy atom. The van der Waals surface area contributed by atoms with Crippen molar-refractivity contribution >= 4 is 11.7 Å². The van der Waals surface area contributed by atoms with E-state index in [1.165, 1.54) is 12.1 Å². The third kappa shape index (κ3) is 4.35. The summed E-state index contributed by atoms with van der Waals surface area (Å²) in [7, 11) is 2.08. The molecule has 0 saturated carbocycles. The molecule has 2 unspecified atom stereocenters. The van der Waals surface area contributed by atoms with Crippen LogP contribution in [0.3, 0.4) is 0 Å². The van der Waals surface area contributed by atoms with E-state index in [0.717, 1.165) is 12.2 Å². The molecule has 1 aliphatic heterocycles. The zero-order chi connectivity index (χ0) is 17.6. The molecule has 0 spiro atoms. The molecule has 1 fully saturated rings. The van der Waals surface area contributed by atoms with Gasteiger partial charge >= 0.3 is 5.82 Å². The van der Waals surface area contributed by atoms with Gasteiger partial charge in [0.05, 0.1) is 17.9 Å². The van der Waals surface area contributed by atoms with Crippen molar-refractivity contribution in [1.29, 1.82) is 0 Å². The second kappa shape index (κ2) is 8.02. The summed E-state index contributed by atoms with van der Waals surface area (Å²) in [6.45, 7) is 7.90. The summed E-state index contributed by atoms with van der Waals surface area (Å²) < 4.78 is 0. The Morgan fingerprint density at radius 3 is 2.57 bits per heavy atom. The third-order valence-electron chi connectivity index (χ3n) is 3.49. The molecule has 2 aliphatic rings. The predicted octanol–water partition coefficient (Wildman–Crippen LogP) is 1.74. The average molecular weight is 321 g/mol. The van der Waals surface area contributed by atoms with E-state index in [4.69, 9.17) is 5.73 Å². The van der Waals surface area contributed by atoms with Crippen molar-refractivity contribution in [2.45, 2.75) is 32.4 Å². The van der Waals surface area contributed by atoms with Gasteiger partial charge in [-0.3, -0.25) is 4.79 Å². The van der Waals surface area contributed by atoms with Crippen LogP contribution in [0.5, 0.6) is 0 Å². The molecule has 8 nitrogen and oxygen atoms in total. The van der Waals surface area contributed by atoms with E-state index in [0.29, 0.717) is 12.1 Å². The van der Waals surface area contributed by atoms with E-state index >= 15 is 0 Å². The van der Waals surface area contributed by atoms with Crippen LogP contribution >= 0.6 is 0 Å². The Balaban J connectivity index is 0.000000208. The van der Waals surface area contributed by atoms with Crippen molar-refractivity contribution in [3.8, 4) is 0 Å². The van der Waals surface area contributed by atoms with Crippen LogP contribution in [0, 0.1) is 10.1 Å². The van der Waals surface area contributed by atoms with Gasteiger partial charge in [0.2, 0.25) is 0 Å². The highest BCUT2D eigenvalue weighted by molar-refractivity contribution is 5.91. The Bertz CT molecular complexity index is 580. The summed E-state index contributed by atoms with van der Waals surface area (Å²) >= 11 is 0. The van der Waals surface area contributed by atoms with Crippen LogP contribution in [0.25, 0.3) is 0 Å². The van der Waals surface area contributed by atoms with Gasteiger partial charge in [-0.2, -0.15) is 0 Å². The molecule has 1 aliphatic carbocycles. The Morgan fingerprint density at radius 1 is 1.48 bits per heavy atom. The fourth-order valence-corrected chi connectivity index (χ4v) is 2.31. The van der Waals surface area contributed by atoms with E-state index in [9.17, 15) is 14.9 Å². The number of nitrogens with two attached hydrogens (primary N) is 1. The number of amides is 1. The van der Waals surface area contributed by atoms with E-state index in [1.807, 2.05) is 13.8 Å². The fraction of sp³-hybridized carbons (Fsp3) is 0.400. The fourth-order valence-electron chi connectivity index (χ4n) is 2.31. The molecule has 4 N–H and O–H groups in total. The minimum absolute atomic E-state index is 0.0386. The number of hydrogen-bond donors (Lipinski definition) is 3. The van der Waals surface area contributed by atoms with Gasteiger partial charge in [0.15, 0.2) is 5.69 Å². The third-order valence-corrected chi connectivity index (χ3v) is 3.49. The van der Waals surface area contributed by atoms with Gasteiger partial charge in [-0.25, -0.2) is 4.98 Å². The monoisotopic (exact) mass is 321 g/mol. The van der Waals surface area contributed by atoms with Gasteiger partial charge in [0.1, 0.15) is 0 Å². The number of carbonyl (C=O) groups is 1. The number of primary amides is 1. The van der Waals surface area contributed by atoms with Crippen LogP contribution in [-0.4, -0.2) is 39.8 Å². The average Bonchev–Trinajstić information content (AvgIpc) is 3.22. The minimum atomic E-state index is -0.710. The second-order valence-electron chi connectivity index (χ2n) is 4.84. The smallest absolute Gasteiger partial charge is 0.321 e. The summed E-state index contributed by atoms with van der Waals surface area (Å²) in [6, 6.07) is 3.60. The highest BCUT2D eigenvalue weighted by atomic mass is 16.6. The Labute approximate surface area is 135 Å². The van der Waals surface area contributed by atoms with Gasteiger partial charge in [-0.1, -0.05) is 32.6 Å². The van der Waals surface area contributed by atoms with Crippen LogP contribution in [0.1, 0.15) is 30.8 Å². The second-order valence-corrected chi connectivity index (χ2v) is 4.84. The van der Waals surface area contributed by atoms with Gasteiger partial charge in [-0.15, -0.1) is 0 Å². The van der Waals surface area contributed by atoms with Crippen LogP contribution < -0.4 is 11.1 Å². The molecular formula is C15H23N5O3. The maximum absolute atomic E-state index is 10.4. The Kier molecular flexibility index (Phi) is 6.37. The highest BCUT2D eigenvalue weighted by Gasteiger charge is 2.33. The number of carbonyl (C=O) groups excluding carboxylic acids is 1. The normalized spacial score (nSPS) is 20.7. The van der Waals surface area contributed by atoms with Crippen LogP contribution in [-0.2, 0) is 0 Å². The minimum Gasteiger partial charge on any atom is -0.367 e. The first-order chi connectivity index (χ1) is 10.9. The van der Waals surface area contributed by atoms with Crippen LogP contribution in [0.2, 0.25) is 0 Å². The number of rotatable bonds is 2. The van der Waals surface area contributed by atoms with Crippen molar-refractivity contribution in [2.75, 3.05) is 7.05 Å². The molecule has 1 aromatic rings. The van der Waals surface area contributed by atoms with E-state index in [2.05, 4.69) is 41.0 Å². The first-order valence-corrected chi connectivity index (χ1v) is 7.38. The molecule has 0 bridgehead atoms. The molecule has 0 radical (unpaired) electrons. The Hall–Kier alpha value is -2.77. The standard InChI is InChI=1S/C8H12N2.C5H5N3O3.C2H6/c1-6-9-7-4-3-5-8(7)10(6)2;6-5(9)3-1-2-4(7-3)8(10)11;1-2/h3,5,7-9H,1,4H2,2H3;1-2,7H,(H2,6,9);1-2H3. The number of nitrogens with zero attached hydrogens (tertiary/aromatic N) is 2. The van der Waals surface area contributed by atoms with Gasteiger partial charge in [0, 0.05) is 13.1 Å². The SMILES string of the molecule is C=C1NC2CC=CC2N1C.CC.NC(=O)c1ccc([N+](=O)[O-])[nH]1. The van der Waals surface area contributed by atoms with E-state index in [1.54, 1.807) is 0 Å².